The topological polar surface area (TPSA) is 49.3 Å². The first-order valence-corrected chi connectivity index (χ1v) is 6.89. The first kappa shape index (κ1) is 12.2. The lowest BCUT2D eigenvalue weighted by Gasteiger charge is -2.24. The molecule has 100 valence electrons. The predicted molar refractivity (Wildman–Crippen MR) is 72.7 cm³/mol. The van der Waals surface area contributed by atoms with Crippen LogP contribution in [0.2, 0.25) is 0 Å². The Hall–Kier alpha value is -1.84. The molecule has 2 aliphatic rings. The Balaban J connectivity index is 2.14. The zero-order valence-electron chi connectivity index (χ0n) is 11.2. The van der Waals surface area contributed by atoms with Gasteiger partial charge in [0.05, 0.1) is 23.1 Å². The van der Waals surface area contributed by atoms with Crippen molar-refractivity contribution in [3.8, 4) is 0 Å². The summed E-state index contributed by atoms with van der Waals surface area (Å²) in [4.78, 5) is 0. The molecular weight excluding hydrogens is 240 g/mol. The van der Waals surface area contributed by atoms with Crippen molar-refractivity contribution in [2.24, 2.45) is 0 Å². The molecule has 1 spiro atoms. The van der Waals surface area contributed by atoms with Gasteiger partial charge in [-0.1, -0.05) is 24.6 Å². The third-order valence-electron chi connectivity index (χ3n) is 4.33. The third-order valence-corrected chi connectivity index (χ3v) is 4.33. The minimum atomic E-state index is -0.770. The molecule has 4 nitrogen and oxygen atoms in total. The number of hydroxylamine groups is 2. The van der Waals surface area contributed by atoms with Gasteiger partial charge in [0, 0.05) is 6.92 Å². The van der Waals surface area contributed by atoms with Crippen LogP contribution in [0.25, 0.3) is 0 Å². The molecule has 4 heteroatoms. The van der Waals surface area contributed by atoms with Crippen molar-refractivity contribution in [2.75, 3.05) is 0 Å². The zero-order valence-corrected chi connectivity index (χ0v) is 11.2. The van der Waals surface area contributed by atoms with Crippen molar-refractivity contribution in [2.45, 2.75) is 44.7 Å². The fourth-order valence-electron chi connectivity index (χ4n) is 3.32. The quantitative estimate of drug-likeness (QED) is 0.478. The molecule has 19 heavy (non-hydrogen) atoms. The molecule has 1 aliphatic heterocycles. The Kier molecular flexibility index (Phi) is 2.81. The fourth-order valence-corrected chi connectivity index (χ4v) is 3.32. The van der Waals surface area contributed by atoms with Gasteiger partial charge < -0.3 is 5.21 Å². The molecular formula is C15H19N2O2+. The molecule has 1 aromatic carbocycles. The van der Waals surface area contributed by atoms with Crippen LogP contribution >= 0.6 is 0 Å². The summed E-state index contributed by atoms with van der Waals surface area (Å²) < 4.78 is 2.25. The van der Waals surface area contributed by atoms with Crippen LogP contribution in [-0.2, 0) is 0 Å². The van der Waals surface area contributed by atoms with E-state index >= 15 is 0 Å². The molecule has 0 radical (unpaired) electrons. The third kappa shape index (κ3) is 1.66. The minimum Gasteiger partial charge on any atom is -0.618 e. The van der Waals surface area contributed by atoms with Crippen molar-refractivity contribution >= 4 is 11.4 Å². The Labute approximate surface area is 112 Å². The smallest absolute Gasteiger partial charge is 0.407 e. The molecule has 0 unspecified atom stereocenters. The van der Waals surface area contributed by atoms with E-state index in [9.17, 15) is 10.4 Å². The van der Waals surface area contributed by atoms with Crippen molar-refractivity contribution in [3.63, 3.8) is 0 Å². The monoisotopic (exact) mass is 259 g/mol. The molecule has 0 bridgehead atoms. The van der Waals surface area contributed by atoms with E-state index in [-0.39, 0.29) is 0 Å². The lowest BCUT2D eigenvalue weighted by Crippen LogP contribution is -2.47. The highest BCUT2D eigenvalue weighted by Crippen LogP contribution is 2.35. The number of hydrogen-bond donors (Lipinski definition) is 1. The minimum absolute atomic E-state index is 0.607. The van der Waals surface area contributed by atoms with Crippen LogP contribution in [0.4, 0.5) is 0 Å². The number of hydrogen-bond acceptors (Lipinski definition) is 2. The summed E-state index contributed by atoms with van der Waals surface area (Å²) >= 11 is 0. The van der Waals surface area contributed by atoms with E-state index in [4.69, 9.17) is 0 Å². The first-order valence-electron chi connectivity index (χ1n) is 6.89. The van der Waals surface area contributed by atoms with Crippen molar-refractivity contribution in [3.05, 3.63) is 41.1 Å². The molecule has 0 atom stereocenters. The van der Waals surface area contributed by atoms with Crippen molar-refractivity contribution in [1.29, 1.82) is 0 Å². The summed E-state index contributed by atoms with van der Waals surface area (Å²) in [5, 5.41) is 23.1. The average molecular weight is 259 g/mol. The molecule has 0 amide bonds. The fraction of sp³-hybridized carbons (Fsp3) is 0.467. The van der Waals surface area contributed by atoms with Gasteiger partial charge in [-0.25, -0.2) is 0 Å². The molecule has 3 rings (SSSR count). The molecule has 1 saturated carbocycles. The van der Waals surface area contributed by atoms with Crippen LogP contribution in [0, 0.1) is 5.21 Å². The predicted octanol–water partition coefficient (Wildman–Crippen LogP) is 2.52. The highest BCUT2D eigenvalue weighted by Gasteiger charge is 2.60. The first-order chi connectivity index (χ1) is 9.17. The van der Waals surface area contributed by atoms with E-state index in [1.807, 2.05) is 30.3 Å². The van der Waals surface area contributed by atoms with E-state index in [0.717, 1.165) is 42.4 Å². The average Bonchev–Trinajstić information content (AvgIpc) is 2.63. The van der Waals surface area contributed by atoms with Crippen LogP contribution < -0.4 is 0 Å². The van der Waals surface area contributed by atoms with E-state index in [1.165, 1.54) is 4.74 Å². The Morgan fingerprint density at radius 2 is 1.74 bits per heavy atom. The molecule has 1 fully saturated rings. The van der Waals surface area contributed by atoms with Gasteiger partial charge in [-0.2, -0.15) is 0 Å². The summed E-state index contributed by atoms with van der Waals surface area (Å²) in [5.74, 6) is 0. The Morgan fingerprint density at radius 3 is 2.37 bits per heavy atom. The van der Waals surface area contributed by atoms with Gasteiger partial charge in [-0.3, -0.25) is 5.21 Å². The van der Waals surface area contributed by atoms with Crippen LogP contribution in [0.3, 0.4) is 0 Å². The summed E-state index contributed by atoms with van der Waals surface area (Å²) in [6.07, 6.45) is 4.57. The lowest BCUT2D eigenvalue weighted by molar-refractivity contribution is -0.924. The summed E-state index contributed by atoms with van der Waals surface area (Å²) in [6, 6.07) is 9.63. The van der Waals surface area contributed by atoms with Crippen molar-refractivity contribution < 1.29 is 14.7 Å². The maximum absolute atomic E-state index is 12.5. The van der Waals surface area contributed by atoms with E-state index in [0.29, 0.717) is 11.4 Å². The Bertz CT molecular complexity index is 555. The molecule has 1 heterocycles. The standard InChI is InChI=1S/C15H19N2O2/c1-12-14(13-8-4-2-5-9-13)17(19)15(16(12)18)10-6-3-7-11-15/h2,4-5,8-9,19H,3,6-7,10-11H2,1H3/q+1. The van der Waals surface area contributed by atoms with Crippen LogP contribution in [0.15, 0.2) is 30.3 Å². The van der Waals surface area contributed by atoms with Gasteiger partial charge in [0.1, 0.15) is 0 Å². The largest absolute Gasteiger partial charge is 0.618 e. The molecule has 1 aliphatic carbocycles. The van der Waals surface area contributed by atoms with Gasteiger partial charge in [-0.15, -0.1) is 4.74 Å². The van der Waals surface area contributed by atoms with Gasteiger partial charge in [0.25, 0.3) is 5.71 Å². The lowest BCUT2D eigenvalue weighted by atomic mass is 9.90. The van der Waals surface area contributed by atoms with Gasteiger partial charge in [-0.05, 0) is 25.0 Å². The van der Waals surface area contributed by atoms with Crippen molar-refractivity contribution in [1.82, 2.24) is 0 Å². The normalized spacial score (nSPS) is 22.4. The summed E-state index contributed by atoms with van der Waals surface area (Å²) in [5.41, 5.74) is 1.38. The molecule has 1 N–H and O–H groups in total. The molecule has 0 aromatic heterocycles. The van der Waals surface area contributed by atoms with Gasteiger partial charge in [0.2, 0.25) is 0 Å². The van der Waals surface area contributed by atoms with Gasteiger partial charge >= 0.3 is 11.4 Å². The number of nitrogens with zero attached hydrogens (tertiary/aromatic N) is 2. The van der Waals surface area contributed by atoms with Gasteiger partial charge in [0.15, 0.2) is 0 Å². The van der Waals surface area contributed by atoms with Crippen LogP contribution in [0.1, 0.15) is 44.6 Å². The van der Waals surface area contributed by atoms with Crippen LogP contribution in [-0.4, -0.2) is 31.8 Å². The summed E-state index contributed by atoms with van der Waals surface area (Å²) in [7, 11) is 0. The maximum atomic E-state index is 12.5. The second kappa shape index (κ2) is 4.37. The summed E-state index contributed by atoms with van der Waals surface area (Å²) in [6.45, 7) is 1.79. The van der Waals surface area contributed by atoms with E-state index in [1.54, 1.807) is 6.92 Å². The second-order valence-corrected chi connectivity index (χ2v) is 5.45. The van der Waals surface area contributed by atoms with E-state index in [2.05, 4.69) is 0 Å². The second-order valence-electron chi connectivity index (χ2n) is 5.45. The highest BCUT2D eigenvalue weighted by molar-refractivity contribution is 6.44. The number of benzene rings is 1. The zero-order chi connectivity index (χ0) is 13.5. The SMILES string of the molecule is CC1=[N+]([O-])C2(CCCCC2)[N+](O)=C1c1ccccc1. The highest BCUT2D eigenvalue weighted by atomic mass is 16.5. The van der Waals surface area contributed by atoms with Crippen LogP contribution in [0.5, 0.6) is 0 Å². The molecule has 1 aromatic rings. The Morgan fingerprint density at radius 1 is 1.11 bits per heavy atom. The number of rotatable bonds is 1. The maximum Gasteiger partial charge on any atom is 0.407 e. The molecule has 0 saturated heterocycles. The van der Waals surface area contributed by atoms with E-state index < -0.39 is 5.66 Å².